The third-order valence-corrected chi connectivity index (χ3v) is 2.68. The van der Waals surface area contributed by atoms with Gasteiger partial charge in [-0.05, 0) is 6.92 Å². The first-order valence-electron chi connectivity index (χ1n) is 5.46. The van der Waals surface area contributed by atoms with Crippen LogP contribution < -0.4 is 5.32 Å². The molecule has 1 aromatic rings. The molecular weight excluding hydrogens is 254 g/mol. The van der Waals surface area contributed by atoms with Crippen LogP contribution in [0.2, 0.25) is 0 Å². The van der Waals surface area contributed by atoms with E-state index in [-0.39, 0.29) is 5.56 Å². The summed E-state index contributed by atoms with van der Waals surface area (Å²) in [5, 5.41) is 15.1. The van der Waals surface area contributed by atoms with Gasteiger partial charge in [0.1, 0.15) is 6.04 Å². The maximum absolute atomic E-state index is 11.9. The number of carbonyl (C=O) groups is 3. The molecule has 1 rings (SSSR count). The lowest BCUT2D eigenvalue weighted by molar-refractivity contribution is -0.147. The van der Waals surface area contributed by atoms with Crippen LogP contribution in [0.25, 0.3) is 0 Å². The minimum absolute atomic E-state index is 0.263. The Morgan fingerprint density at radius 1 is 1.53 bits per heavy atom. The van der Waals surface area contributed by atoms with Gasteiger partial charge >= 0.3 is 11.9 Å². The van der Waals surface area contributed by atoms with Gasteiger partial charge in [0, 0.05) is 12.7 Å². The summed E-state index contributed by atoms with van der Waals surface area (Å²) < 4.78 is 5.87. The fourth-order valence-corrected chi connectivity index (χ4v) is 1.41. The van der Waals surface area contributed by atoms with Crippen LogP contribution >= 0.6 is 0 Å². The number of carboxylic acids is 1. The van der Waals surface area contributed by atoms with Crippen molar-refractivity contribution in [1.82, 2.24) is 15.1 Å². The van der Waals surface area contributed by atoms with Crippen LogP contribution in [0.3, 0.4) is 0 Å². The lowest BCUT2D eigenvalue weighted by Crippen LogP contribution is -2.42. The number of amides is 1. The van der Waals surface area contributed by atoms with Crippen LogP contribution in [0, 0.1) is 6.92 Å². The molecule has 1 aromatic heterocycles. The molecule has 0 aliphatic rings. The number of aromatic nitrogens is 2. The quantitative estimate of drug-likeness (QED) is 0.695. The average molecular weight is 269 g/mol. The summed E-state index contributed by atoms with van der Waals surface area (Å²) in [6, 6.07) is -1.33. The standard InChI is InChI=1S/C11H15N3O5/c1-6-7(5-12-14(6)2)10(16)13-8(11(17)18)4-9(15)19-3/h5,8H,4H2,1-3H3,(H,13,16)(H,17,18)/t8-/m0/s1. The number of nitrogens with zero attached hydrogens (tertiary/aromatic N) is 2. The van der Waals surface area contributed by atoms with Gasteiger partial charge in [0.05, 0.1) is 25.3 Å². The predicted molar refractivity (Wildman–Crippen MR) is 63.5 cm³/mol. The topological polar surface area (TPSA) is 111 Å². The Bertz CT molecular complexity index is 508. The van der Waals surface area contributed by atoms with Crippen molar-refractivity contribution in [3.05, 3.63) is 17.5 Å². The summed E-state index contributed by atoms with van der Waals surface area (Å²) in [5.41, 5.74) is 0.860. The van der Waals surface area contributed by atoms with E-state index in [4.69, 9.17) is 5.11 Å². The van der Waals surface area contributed by atoms with Crippen LogP contribution in [0.1, 0.15) is 22.5 Å². The number of aryl methyl sites for hydroxylation is 1. The SMILES string of the molecule is COC(=O)C[C@H](NC(=O)c1cnn(C)c1C)C(=O)O. The Labute approximate surface area is 109 Å². The highest BCUT2D eigenvalue weighted by Crippen LogP contribution is 2.06. The Balaban J connectivity index is 2.80. The lowest BCUT2D eigenvalue weighted by Gasteiger charge is -2.13. The van der Waals surface area contributed by atoms with Gasteiger partial charge in [-0.2, -0.15) is 5.10 Å². The Morgan fingerprint density at radius 3 is 2.58 bits per heavy atom. The third-order valence-electron chi connectivity index (χ3n) is 2.68. The number of carboxylic acid groups (broad SMARTS) is 1. The minimum atomic E-state index is -1.33. The summed E-state index contributed by atoms with van der Waals surface area (Å²) in [5.74, 6) is -2.61. The number of methoxy groups -OCH3 is 1. The predicted octanol–water partition coefficient (Wildman–Crippen LogP) is -0.525. The maximum Gasteiger partial charge on any atom is 0.326 e. The number of hydrogen-bond donors (Lipinski definition) is 2. The second-order valence-electron chi connectivity index (χ2n) is 3.91. The second kappa shape index (κ2) is 5.98. The van der Waals surface area contributed by atoms with Gasteiger partial charge in [0.25, 0.3) is 5.91 Å². The van der Waals surface area contributed by atoms with Crippen LogP contribution in [0.15, 0.2) is 6.20 Å². The lowest BCUT2D eigenvalue weighted by atomic mass is 10.2. The van der Waals surface area contributed by atoms with Gasteiger partial charge in [-0.15, -0.1) is 0 Å². The van der Waals surface area contributed by atoms with Gasteiger partial charge in [-0.1, -0.05) is 0 Å². The highest BCUT2D eigenvalue weighted by Gasteiger charge is 2.25. The van der Waals surface area contributed by atoms with Crippen molar-refractivity contribution in [3.8, 4) is 0 Å². The highest BCUT2D eigenvalue weighted by molar-refractivity contribution is 5.98. The summed E-state index contributed by atoms with van der Waals surface area (Å²) in [6.45, 7) is 1.68. The number of ether oxygens (including phenoxy) is 1. The van der Waals surface area contributed by atoms with Crippen molar-refractivity contribution < 1.29 is 24.2 Å². The first-order valence-corrected chi connectivity index (χ1v) is 5.46. The number of rotatable bonds is 5. The molecule has 0 aliphatic heterocycles. The Hall–Kier alpha value is -2.38. The summed E-state index contributed by atoms with van der Waals surface area (Å²) >= 11 is 0. The van der Waals surface area contributed by atoms with E-state index in [2.05, 4.69) is 15.2 Å². The first kappa shape index (κ1) is 14.7. The highest BCUT2D eigenvalue weighted by atomic mass is 16.5. The monoisotopic (exact) mass is 269 g/mol. The molecule has 1 amide bonds. The molecule has 19 heavy (non-hydrogen) atoms. The molecule has 8 heteroatoms. The largest absolute Gasteiger partial charge is 0.480 e. The fourth-order valence-electron chi connectivity index (χ4n) is 1.41. The molecule has 0 radical (unpaired) electrons. The second-order valence-corrected chi connectivity index (χ2v) is 3.91. The zero-order valence-corrected chi connectivity index (χ0v) is 10.8. The van der Waals surface area contributed by atoms with E-state index in [1.54, 1.807) is 14.0 Å². The van der Waals surface area contributed by atoms with Crippen molar-refractivity contribution >= 4 is 17.8 Å². The van der Waals surface area contributed by atoms with Crippen molar-refractivity contribution in [1.29, 1.82) is 0 Å². The van der Waals surface area contributed by atoms with E-state index in [1.807, 2.05) is 0 Å². The summed E-state index contributed by atoms with van der Waals surface area (Å²) in [7, 11) is 2.81. The Kier molecular flexibility index (Phi) is 4.62. The third kappa shape index (κ3) is 3.54. The molecule has 0 aromatic carbocycles. The van der Waals surface area contributed by atoms with E-state index in [0.29, 0.717) is 5.69 Å². The minimum Gasteiger partial charge on any atom is -0.480 e. The smallest absolute Gasteiger partial charge is 0.326 e. The fraction of sp³-hybridized carbons (Fsp3) is 0.455. The first-order chi connectivity index (χ1) is 8.86. The van der Waals surface area contributed by atoms with E-state index < -0.39 is 30.3 Å². The molecule has 1 atom stereocenters. The molecule has 0 aliphatic carbocycles. The van der Waals surface area contributed by atoms with Crippen LogP contribution in [-0.2, 0) is 21.4 Å². The molecule has 0 bridgehead atoms. The van der Waals surface area contributed by atoms with Crippen LogP contribution in [0.4, 0.5) is 0 Å². The number of aliphatic carboxylic acids is 1. The van der Waals surface area contributed by atoms with E-state index in [0.717, 1.165) is 7.11 Å². The molecule has 0 unspecified atom stereocenters. The van der Waals surface area contributed by atoms with Crippen molar-refractivity contribution in [3.63, 3.8) is 0 Å². The van der Waals surface area contributed by atoms with E-state index >= 15 is 0 Å². The molecule has 0 spiro atoms. The molecule has 8 nitrogen and oxygen atoms in total. The van der Waals surface area contributed by atoms with Crippen LogP contribution in [-0.4, -0.2) is 45.9 Å². The molecular formula is C11H15N3O5. The molecule has 104 valence electrons. The number of carbonyl (C=O) groups excluding carboxylic acids is 2. The van der Waals surface area contributed by atoms with Crippen molar-refractivity contribution in [2.75, 3.05) is 7.11 Å². The molecule has 2 N–H and O–H groups in total. The summed E-state index contributed by atoms with van der Waals surface area (Å²) in [6.07, 6.45) is 0.901. The number of hydrogen-bond acceptors (Lipinski definition) is 5. The van der Waals surface area contributed by atoms with E-state index in [1.165, 1.54) is 10.9 Å². The zero-order valence-electron chi connectivity index (χ0n) is 10.8. The number of nitrogens with one attached hydrogen (secondary N) is 1. The molecule has 0 saturated heterocycles. The van der Waals surface area contributed by atoms with Crippen LogP contribution in [0.5, 0.6) is 0 Å². The normalized spacial score (nSPS) is 11.7. The average Bonchev–Trinajstić information content (AvgIpc) is 2.68. The molecule has 0 saturated carbocycles. The van der Waals surface area contributed by atoms with E-state index in [9.17, 15) is 14.4 Å². The van der Waals surface area contributed by atoms with Gasteiger partial charge in [0.2, 0.25) is 0 Å². The van der Waals surface area contributed by atoms with Gasteiger partial charge < -0.3 is 15.2 Å². The molecule has 0 fully saturated rings. The van der Waals surface area contributed by atoms with Gasteiger partial charge in [0.15, 0.2) is 0 Å². The van der Waals surface area contributed by atoms with Gasteiger partial charge in [-0.25, -0.2) is 4.79 Å². The summed E-state index contributed by atoms with van der Waals surface area (Å²) in [4.78, 5) is 33.9. The van der Waals surface area contributed by atoms with Crippen molar-refractivity contribution in [2.45, 2.75) is 19.4 Å². The number of esters is 1. The Morgan fingerprint density at radius 2 is 2.16 bits per heavy atom. The molecule has 1 heterocycles. The maximum atomic E-state index is 11.9. The van der Waals surface area contributed by atoms with Gasteiger partial charge in [-0.3, -0.25) is 14.3 Å². The zero-order chi connectivity index (χ0) is 14.6. The van der Waals surface area contributed by atoms with Crippen molar-refractivity contribution in [2.24, 2.45) is 7.05 Å².